The van der Waals surface area contributed by atoms with Crippen LogP contribution < -0.4 is 5.32 Å². The molecule has 154 valence electrons. The molecular formula is C22H27N3O4. The van der Waals surface area contributed by atoms with Gasteiger partial charge in [0.25, 0.3) is 5.91 Å². The van der Waals surface area contributed by atoms with Gasteiger partial charge in [0.15, 0.2) is 5.76 Å². The summed E-state index contributed by atoms with van der Waals surface area (Å²) in [6.45, 7) is 5.58. The minimum atomic E-state index is -0.585. The minimum absolute atomic E-state index is 0.0370. The van der Waals surface area contributed by atoms with E-state index in [-0.39, 0.29) is 30.1 Å². The number of carbonyl (C=O) groups excluding carboxylic acids is 3. The maximum Gasteiger partial charge on any atom is 0.289 e. The molecule has 2 heterocycles. The lowest BCUT2D eigenvalue weighted by Crippen LogP contribution is -2.57. The summed E-state index contributed by atoms with van der Waals surface area (Å²) in [5.74, 6) is -0.178. The molecule has 29 heavy (non-hydrogen) atoms. The Morgan fingerprint density at radius 3 is 2.21 bits per heavy atom. The monoisotopic (exact) mass is 397 g/mol. The Kier molecular flexibility index (Phi) is 6.69. The van der Waals surface area contributed by atoms with Crippen LogP contribution in [0.1, 0.15) is 30.0 Å². The van der Waals surface area contributed by atoms with E-state index in [1.807, 2.05) is 44.2 Å². The molecule has 1 atom stereocenters. The van der Waals surface area contributed by atoms with Crippen LogP contribution in [0.2, 0.25) is 0 Å². The number of amides is 3. The normalized spacial score (nSPS) is 15.3. The molecule has 1 N–H and O–H groups in total. The molecule has 3 amide bonds. The summed E-state index contributed by atoms with van der Waals surface area (Å²) in [4.78, 5) is 41.2. The van der Waals surface area contributed by atoms with Crippen molar-refractivity contribution in [1.82, 2.24) is 15.1 Å². The van der Waals surface area contributed by atoms with E-state index >= 15 is 0 Å². The predicted molar refractivity (Wildman–Crippen MR) is 108 cm³/mol. The lowest BCUT2D eigenvalue weighted by Gasteiger charge is -2.37. The summed E-state index contributed by atoms with van der Waals surface area (Å²) < 4.78 is 5.17. The van der Waals surface area contributed by atoms with Crippen molar-refractivity contribution in [3.8, 4) is 0 Å². The van der Waals surface area contributed by atoms with Crippen molar-refractivity contribution in [2.75, 3.05) is 26.2 Å². The Hall–Kier alpha value is -3.09. The van der Waals surface area contributed by atoms with Crippen molar-refractivity contribution in [3.05, 3.63) is 60.1 Å². The Balaban J connectivity index is 1.55. The topological polar surface area (TPSA) is 82.9 Å². The van der Waals surface area contributed by atoms with Gasteiger partial charge < -0.3 is 19.5 Å². The second-order valence-electron chi connectivity index (χ2n) is 7.55. The van der Waals surface area contributed by atoms with E-state index in [9.17, 15) is 14.4 Å². The smallest absolute Gasteiger partial charge is 0.289 e. The summed E-state index contributed by atoms with van der Waals surface area (Å²) in [6, 6.07) is 12.2. The van der Waals surface area contributed by atoms with Crippen LogP contribution in [0, 0.1) is 5.92 Å². The third-order valence-corrected chi connectivity index (χ3v) is 5.07. The Morgan fingerprint density at radius 1 is 0.966 bits per heavy atom. The molecule has 0 radical (unpaired) electrons. The third kappa shape index (κ3) is 5.25. The Bertz CT molecular complexity index is 825. The van der Waals surface area contributed by atoms with Crippen LogP contribution in [-0.4, -0.2) is 59.7 Å². The van der Waals surface area contributed by atoms with E-state index in [1.165, 1.54) is 6.26 Å². The molecule has 2 aromatic rings. The summed E-state index contributed by atoms with van der Waals surface area (Å²) >= 11 is 0. The van der Waals surface area contributed by atoms with Crippen LogP contribution in [0.3, 0.4) is 0 Å². The van der Waals surface area contributed by atoms with Gasteiger partial charge in [-0.05, 0) is 23.6 Å². The van der Waals surface area contributed by atoms with Crippen molar-refractivity contribution in [1.29, 1.82) is 0 Å². The SMILES string of the molecule is CC(C)[C@H](NC(=O)Cc1ccccc1)C(=O)N1CCN(C(=O)c2ccco2)CC1. The molecule has 1 fully saturated rings. The first kappa shape index (κ1) is 20.6. The number of benzene rings is 1. The molecule has 1 aliphatic heterocycles. The first-order valence-corrected chi connectivity index (χ1v) is 9.90. The van der Waals surface area contributed by atoms with Gasteiger partial charge >= 0.3 is 0 Å². The predicted octanol–water partition coefficient (Wildman–Crippen LogP) is 1.95. The van der Waals surface area contributed by atoms with E-state index in [2.05, 4.69) is 5.32 Å². The van der Waals surface area contributed by atoms with Gasteiger partial charge in [-0.1, -0.05) is 44.2 Å². The van der Waals surface area contributed by atoms with Gasteiger partial charge in [0, 0.05) is 26.2 Å². The van der Waals surface area contributed by atoms with Gasteiger partial charge in [0.1, 0.15) is 6.04 Å². The fourth-order valence-corrected chi connectivity index (χ4v) is 3.40. The van der Waals surface area contributed by atoms with Crippen LogP contribution >= 0.6 is 0 Å². The highest BCUT2D eigenvalue weighted by Gasteiger charge is 2.32. The number of nitrogens with one attached hydrogen (secondary N) is 1. The molecule has 1 aliphatic rings. The molecule has 0 saturated carbocycles. The number of piperazine rings is 1. The van der Waals surface area contributed by atoms with Gasteiger partial charge in [-0.15, -0.1) is 0 Å². The summed E-state index contributed by atoms with van der Waals surface area (Å²) in [5, 5.41) is 2.89. The first-order chi connectivity index (χ1) is 14.0. The highest BCUT2D eigenvalue weighted by molar-refractivity contribution is 5.92. The number of rotatable bonds is 6. The molecule has 1 aromatic heterocycles. The molecule has 7 nitrogen and oxygen atoms in total. The van der Waals surface area contributed by atoms with Gasteiger partial charge in [-0.25, -0.2) is 0 Å². The largest absolute Gasteiger partial charge is 0.459 e. The standard InChI is InChI=1S/C22H27N3O4/c1-16(2)20(23-19(26)15-17-7-4-3-5-8-17)22(28)25-12-10-24(11-13-25)21(27)18-9-6-14-29-18/h3-9,14,16,20H,10-13,15H2,1-2H3,(H,23,26)/t20-/m0/s1. The van der Waals surface area contributed by atoms with Crippen LogP contribution in [0.25, 0.3) is 0 Å². The maximum atomic E-state index is 13.0. The molecule has 1 aromatic carbocycles. The maximum absolute atomic E-state index is 13.0. The van der Waals surface area contributed by atoms with Crippen molar-refractivity contribution < 1.29 is 18.8 Å². The fourth-order valence-electron chi connectivity index (χ4n) is 3.40. The van der Waals surface area contributed by atoms with E-state index in [0.29, 0.717) is 31.9 Å². The summed E-state index contributed by atoms with van der Waals surface area (Å²) in [7, 11) is 0. The van der Waals surface area contributed by atoms with Crippen molar-refractivity contribution >= 4 is 17.7 Å². The Labute approximate surface area is 170 Å². The number of hydrogen-bond donors (Lipinski definition) is 1. The van der Waals surface area contributed by atoms with Gasteiger partial charge in [-0.3, -0.25) is 14.4 Å². The summed E-state index contributed by atoms with van der Waals surface area (Å²) in [5.41, 5.74) is 0.907. The first-order valence-electron chi connectivity index (χ1n) is 9.90. The lowest BCUT2D eigenvalue weighted by atomic mass is 10.0. The van der Waals surface area contributed by atoms with Gasteiger partial charge in [0.2, 0.25) is 11.8 Å². The molecule has 3 rings (SSSR count). The molecule has 1 saturated heterocycles. The molecule has 7 heteroatoms. The minimum Gasteiger partial charge on any atom is -0.459 e. The van der Waals surface area contributed by atoms with Crippen LogP contribution in [0.5, 0.6) is 0 Å². The number of hydrogen-bond acceptors (Lipinski definition) is 4. The zero-order valence-electron chi connectivity index (χ0n) is 16.8. The van der Waals surface area contributed by atoms with Gasteiger partial charge in [-0.2, -0.15) is 0 Å². The highest BCUT2D eigenvalue weighted by Crippen LogP contribution is 2.13. The zero-order chi connectivity index (χ0) is 20.8. The van der Waals surface area contributed by atoms with Crippen LogP contribution in [0.15, 0.2) is 53.1 Å². The quantitative estimate of drug-likeness (QED) is 0.808. The molecular weight excluding hydrogens is 370 g/mol. The number of furan rings is 1. The number of nitrogens with zero attached hydrogens (tertiary/aromatic N) is 2. The molecule has 0 aliphatic carbocycles. The third-order valence-electron chi connectivity index (χ3n) is 5.07. The van der Waals surface area contributed by atoms with E-state index < -0.39 is 6.04 Å². The van der Waals surface area contributed by atoms with Crippen LogP contribution in [-0.2, 0) is 16.0 Å². The summed E-state index contributed by atoms with van der Waals surface area (Å²) in [6.07, 6.45) is 1.71. The Morgan fingerprint density at radius 2 is 1.62 bits per heavy atom. The molecule has 0 bridgehead atoms. The van der Waals surface area contributed by atoms with Crippen molar-refractivity contribution in [2.24, 2.45) is 5.92 Å². The number of carbonyl (C=O) groups is 3. The lowest BCUT2D eigenvalue weighted by molar-refractivity contribution is -0.138. The zero-order valence-corrected chi connectivity index (χ0v) is 16.8. The second kappa shape index (κ2) is 9.41. The van der Waals surface area contributed by atoms with Crippen molar-refractivity contribution in [3.63, 3.8) is 0 Å². The average Bonchev–Trinajstić information content (AvgIpc) is 3.26. The van der Waals surface area contributed by atoms with Gasteiger partial charge in [0.05, 0.1) is 12.7 Å². The second-order valence-corrected chi connectivity index (χ2v) is 7.55. The van der Waals surface area contributed by atoms with E-state index in [0.717, 1.165) is 5.56 Å². The molecule has 0 unspecified atom stereocenters. The molecule has 0 spiro atoms. The van der Waals surface area contributed by atoms with E-state index in [4.69, 9.17) is 4.42 Å². The van der Waals surface area contributed by atoms with E-state index in [1.54, 1.807) is 21.9 Å². The van der Waals surface area contributed by atoms with Crippen LogP contribution in [0.4, 0.5) is 0 Å². The fraction of sp³-hybridized carbons (Fsp3) is 0.409. The average molecular weight is 397 g/mol. The highest BCUT2D eigenvalue weighted by atomic mass is 16.3. The van der Waals surface area contributed by atoms with Crippen molar-refractivity contribution in [2.45, 2.75) is 26.3 Å².